The van der Waals surface area contributed by atoms with Crippen molar-refractivity contribution in [3.8, 4) is 0 Å². The SMILES string of the molecule is CCC(=O)N1CSC[C@@H]1C(=O)N[C@@H]1C[C@@H]1c1ccc(F)cc1. The van der Waals surface area contributed by atoms with E-state index in [0.717, 1.165) is 12.0 Å². The zero-order chi connectivity index (χ0) is 15.7. The van der Waals surface area contributed by atoms with Crippen LogP contribution in [-0.4, -0.2) is 40.4 Å². The summed E-state index contributed by atoms with van der Waals surface area (Å²) in [4.78, 5) is 25.9. The topological polar surface area (TPSA) is 49.4 Å². The Balaban J connectivity index is 1.57. The molecular formula is C16H19FN2O2S. The van der Waals surface area contributed by atoms with Crippen molar-refractivity contribution in [3.05, 3.63) is 35.6 Å². The second-order valence-electron chi connectivity index (χ2n) is 5.74. The van der Waals surface area contributed by atoms with Crippen molar-refractivity contribution in [2.45, 2.75) is 37.8 Å². The summed E-state index contributed by atoms with van der Waals surface area (Å²) in [6.45, 7) is 1.81. The van der Waals surface area contributed by atoms with Gasteiger partial charge in [0.25, 0.3) is 0 Å². The fraction of sp³-hybridized carbons (Fsp3) is 0.500. The molecule has 0 spiro atoms. The first-order valence-electron chi connectivity index (χ1n) is 7.53. The smallest absolute Gasteiger partial charge is 0.243 e. The molecule has 1 saturated carbocycles. The Kier molecular flexibility index (Phi) is 4.38. The van der Waals surface area contributed by atoms with E-state index in [1.165, 1.54) is 12.1 Å². The number of nitrogens with one attached hydrogen (secondary N) is 1. The van der Waals surface area contributed by atoms with Gasteiger partial charge in [-0.2, -0.15) is 0 Å². The maximum atomic E-state index is 12.9. The molecule has 0 unspecified atom stereocenters. The first kappa shape index (κ1) is 15.3. The van der Waals surface area contributed by atoms with Gasteiger partial charge < -0.3 is 10.2 Å². The highest BCUT2D eigenvalue weighted by Crippen LogP contribution is 2.41. The lowest BCUT2D eigenvalue weighted by Gasteiger charge is -2.22. The molecule has 1 N–H and O–H groups in total. The number of amides is 2. The highest BCUT2D eigenvalue weighted by molar-refractivity contribution is 7.99. The van der Waals surface area contributed by atoms with Gasteiger partial charge in [0.15, 0.2) is 0 Å². The second-order valence-corrected chi connectivity index (χ2v) is 6.74. The third-order valence-electron chi connectivity index (χ3n) is 4.22. The van der Waals surface area contributed by atoms with Crippen molar-refractivity contribution in [2.75, 3.05) is 11.6 Å². The summed E-state index contributed by atoms with van der Waals surface area (Å²) in [5.41, 5.74) is 1.05. The molecule has 0 radical (unpaired) electrons. The number of nitrogens with zero attached hydrogens (tertiary/aromatic N) is 1. The number of halogens is 1. The third-order valence-corrected chi connectivity index (χ3v) is 5.24. The van der Waals surface area contributed by atoms with Crippen LogP contribution in [0.25, 0.3) is 0 Å². The Hall–Kier alpha value is -1.56. The first-order chi connectivity index (χ1) is 10.6. The Morgan fingerprint density at radius 1 is 1.36 bits per heavy atom. The largest absolute Gasteiger partial charge is 0.351 e. The van der Waals surface area contributed by atoms with Gasteiger partial charge >= 0.3 is 0 Å². The normalized spacial score (nSPS) is 26.8. The maximum absolute atomic E-state index is 12.9. The Morgan fingerprint density at radius 2 is 2.09 bits per heavy atom. The average molecular weight is 322 g/mol. The molecule has 3 rings (SSSR count). The molecule has 2 amide bonds. The van der Waals surface area contributed by atoms with Crippen molar-refractivity contribution < 1.29 is 14.0 Å². The number of rotatable bonds is 4. The van der Waals surface area contributed by atoms with Crippen molar-refractivity contribution in [1.29, 1.82) is 0 Å². The zero-order valence-corrected chi connectivity index (χ0v) is 13.2. The van der Waals surface area contributed by atoms with Gasteiger partial charge in [0.05, 0.1) is 5.88 Å². The summed E-state index contributed by atoms with van der Waals surface area (Å²) in [5.74, 6) is 1.22. The van der Waals surface area contributed by atoms with E-state index in [0.29, 0.717) is 18.1 Å². The van der Waals surface area contributed by atoms with E-state index in [1.54, 1.807) is 28.8 Å². The van der Waals surface area contributed by atoms with Crippen molar-refractivity contribution in [2.24, 2.45) is 0 Å². The molecule has 6 heteroatoms. The number of hydrogen-bond acceptors (Lipinski definition) is 3. The first-order valence-corrected chi connectivity index (χ1v) is 8.68. The van der Waals surface area contributed by atoms with Crippen LogP contribution in [0.2, 0.25) is 0 Å². The molecule has 1 aliphatic carbocycles. The van der Waals surface area contributed by atoms with Gasteiger partial charge in [-0.25, -0.2) is 4.39 Å². The van der Waals surface area contributed by atoms with E-state index in [-0.39, 0.29) is 35.6 Å². The highest BCUT2D eigenvalue weighted by Gasteiger charge is 2.42. The fourth-order valence-electron chi connectivity index (χ4n) is 2.82. The molecular weight excluding hydrogens is 303 g/mol. The van der Waals surface area contributed by atoms with Gasteiger partial charge in [0.1, 0.15) is 11.9 Å². The number of thioether (sulfide) groups is 1. The summed E-state index contributed by atoms with van der Waals surface area (Å²) in [7, 11) is 0. The summed E-state index contributed by atoms with van der Waals surface area (Å²) in [6, 6.07) is 6.17. The highest BCUT2D eigenvalue weighted by atomic mass is 32.2. The molecule has 1 aromatic carbocycles. The lowest BCUT2D eigenvalue weighted by Crippen LogP contribution is -2.47. The molecule has 22 heavy (non-hydrogen) atoms. The van der Waals surface area contributed by atoms with Crippen LogP contribution >= 0.6 is 11.8 Å². The number of carbonyl (C=O) groups excluding carboxylic acids is 2. The van der Waals surface area contributed by atoms with Crippen molar-refractivity contribution in [1.82, 2.24) is 10.2 Å². The molecule has 1 heterocycles. The van der Waals surface area contributed by atoms with Crippen LogP contribution in [0.5, 0.6) is 0 Å². The minimum absolute atomic E-state index is 0.0241. The van der Waals surface area contributed by atoms with Crippen molar-refractivity contribution >= 4 is 23.6 Å². The number of carbonyl (C=O) groups is 2. The van der Waals surface area contributed by atoms with Crippen molar-refractivity contribution in [3.63, 3.8) is 0 Å². The molecule has 118 valence electrons. The standard InChI is InChI=1S/C16H19FN2O2S/c1-2-15(20)19-9-22-8-14(19)16(21)18-13-7-12(13)10-3-5-11(17)6-4-10/h3-6,12-14H,2,7-9H2,1H3,(H,18,21)/t12-,13-,14-/m1/s1. The lowest BCUT2D eigenvalue weighted by atomic mass is 10.1. The molecule has 2 fully saturated rings. The van der Waals surface area contributed by atoms with Gasteiger partial charge in [0, 0.05) is 24.1 Å². The van der Waals surface area contributed by atoms with E-state index in [1.807, 2.05) is 6.92 Å². The van der Waals surface area contributed by atoms with E-state index < -0.39 is 0 Å². The Labute approximate surface area is 133 Å². The third kappa shape index (κ3) is 3.11. The van der Waals surface area contributed by atoms with E-state index in [9.17, 15) is 14.0 Å². The number of hydrogen-bond donors (Lipinski definition) is 1. The van der Waals surface area contributed by atoms with E-state index in [4.69, 9.17) is 0 Å². The van der Waals surface area contributed by atoms with Crippen LogP contribution in [0, 0.1) is 5.82 Å². The maximum Gasteiger partial charge on any atom is 0.243 e. The average Bonchev–Trinajstić information content (AvgIpc) is 3.10. The summed E-state index contributed by atoms with van der Waals surface area (Å²) >= 11 is 1.61. The summed E-state index contributed by atoms with van der Waals surface area (Å²) < 4.78 is 12.9. The van der Waals surface area contributed by atoms with Gasteiger partial charge in [-0.1, -0.05) is 19.1 Å². The minimum atomic E-state index is -0.355. The van der Waals surface area contributed by atoms with Crippen LogP contribution in [0.1, 0.15) is 31.2 Å². The predicted molar refractivity (Wildman–Crippen MR) is 83.9 cm³/mol. The summed E-state index contributed by atoms with van der Waals surface area (Å²) in [6.07, 6.45) is 1.30. The van der Waals surface area contributed by atoms with Gasteiger partial charge in [-0.3, -0.25) is 9.59 Å². The molecule has 2 aliphatic rings. The lowest BCUT2D eigenvalue weighted by molar-refractivity contribution is -0.137. The fourth-order valence-corrected chi connectivity index (χ4v) is 4.00. The van der Waals surface area contributed by atoms with Gasteiger partial charge in [-0.05, 0) is 24.1 Å². The monoisotopic (exact) mass is 322 g/mol. The molecule has 1 saturated heterocycles. The molecule has 4 nitrogen and oxygen atoms in total. The number of benzene rings is 1. The Bertz CT molecular complexity index is 578. The van der Waals surface area contributed by atoms with Gasteiger partial charge in [-0.15, -0.1) is 11.8 Å². The van der Waals surface area contributed by atoms with Crippen LogP contribution in [-0.2, 0) is 9.59 Å². The zero-order valence-electron chi connectivity index (χ0n) is 12.4. The summed E-state index contributed by atoms with van der Waals surface area (Å²) in [5, 5.41) is 3.03. The molecule has 0 aromatic heterocycles. The predicted octanol–water partition coefficient (Wildman–Crippen LogP) is 2.11. The van der Waals surface area contributed by atoms with Crippen LogP contribution in [0.3, 0.4) is 0 Å². The molecule has 3 atom stereocenters. The molecule has 1 aromatic rings. The quantitative estimate of drug-likeness (QED) is 0.924. The second kappa shape index (κ2) is 6.28. The Morgan fingerprint density at radius 3 is 2.77 bits per heavy atom. The molecule has 1 aliphatic heterocycles. The molecule has 0 bridgehead atoms. The van der Waals surface area contributed by atoms with Gasteiger partial charge in [0.2, 0.25) is 11.8 Å². The van der Waals surface area contributed by atoms with E-state index in [2.05, 4.69) is 5.32 Å². The van der Waals surface area contributed by atoms with E-state index >= 15 is 0 Å². The van der Waals surface area contributed by atoms with Crippen LogP contribution in [0.4, 0.5) is 4.39 Å². The van der Waals surface area contributed by atoms with Crippen LogP contribution < -0.4 is 5.32 Å². The minimum Gasteiger partial charge on any atom is -0.351 e. The van der Waals surface area contributed by atoms with Crippen LogP contribution in [0.15, 0.2) is 24.3 Å².